The number of nitriles is 1. The monoisotopic (exact) mass is 426 g/mol. The molecule has 0 saturated heterocycles. The number of hydrogen-bond donors (Lipinski definition) is 2. The molecule has 1 aromatic heterocycles. The van der Waals surface area contributed by atoms with E-state index in [2.05, 4.69) is 21.3 Å². The van der Waals surface area contributed by atoms with E-state index in [0.717, 1.165) is 17.3 Å². The van der Waals surface area contributed by atoms with Crippen LogP contribution in [0.15, 0.2) is 52.5 Å². The molecule has 0 atom stereocenters. The van der Waals surface area contributed by atoms with Crippen molar-refractivity contribution < 1.29 is 14.6 Å². The van der Waals surface area contributed by atoms with Crippen molar-refractivity contribution in [1.29, 1.82) is 5.26 Å². The van der Waals surface area contributed by atoms with Gasteiger partial charge in [0.05, 0.1) is 11.6 Å². The van der Waals surface area contributed by atoms with Crippen molar-refractivity contribution in [3.8, 4) is 11.8 Å². The van der Waals surface area contributed by atoms with Crippen molar-refractivity contribution in [3.05, 3.63) is 74.9 Å². The number of carboxylic acids is 1. The lowest BCUT2D eigenvalue weighted by Gasteiger charge is -2.11. The standard InChI is InChI=1S/C20H15ClN4O3S/c1-12-23-20(25-24-12)29-18(19(26)27)9-15-8-16(21)6-7-17(15)28-11-14-4-2-13(10-22)3-5-14/h2-9H,11H2,1H3,(H,26,27)(H,23,24,25). The first kappa shape index (κ1) is 20.5. The van der Waals surface area contributed by atoms with Crippen LogP contribution in [-0.4, -0.2) is 26.3 Å². The van der Waals surface area contributed by atoms with Gasteiger partial charge in [-0.05, 0) is 60.7 Å². The second-order valence-electron chi connectivity index (χ2n) is 5.90. The molecule has 3 rings (SSSR count). The van der Waals surface area contributed by atoms with Gasteiger partial charge >= 0.3 is 5.97 Å². The maximum Gasteiger partial charge on any atom is 0.342 e. The lowest BCUT2D eigenvalue weighted by Crippen LogP contribution is -2.00. The predicted octanol–water partition coefficient (Wildman–Crippen LogP) is 4.44. The molecule has 9 heteroatoms. The number of H-pyrrole nitrogens is 1. The molecule has 2 aromatic carbocycles. The Hall–Kier alpha value is -3.28. The van der Waals surface area contributed by atoms with E-state index < -0.39 is 5.97 Å². The number of nitrogens with one attached hydrogen (secondary N) is 1. The van der Waals surface area contributed by atoms with E-state index in [1.807, 2.05) is 0 Å². The average Bonchev–Trinajstić information content (AvgIpc) is 3.12. The van der Waals surface area contributed by atoms with Crippen LogP contribution in [-0.2, 0) is 11.4 Å². The van der Waals surface area contributed by atoms with Gasteiger partial charge in [-0.15, -0.1) is 5.10 Å². The molecule has 1 heterocycles. The summed E-state index contributed by atoms with van der Waals surface area (Å²) in [4.78, 5) is 15.8. The van der Waals surface area contributed by atoms with Crippen LogP contribution in [0.3, 0.4) is 0 Å². The summed E-state index contributed by atoms with van der Waals surface area (Å²) in [5.41, 5.74) is 1.95. The van der Waals surface area contributed by atoms with Gasteiger partial charge in [-0.25, -0.2) is 9.78 Å². The molecule has 2 N–H and O–H groups in total. The Labute approximate surface area is 176 Å². The summed E-state index contributed by atoms with van der Waals surface area (Å²) < 4.78 is 5.86. The van der Waals surface area contributed by atoms with E-state index in [9.17, 15) is 9.90 Å². The van der Waals surface area contributed by atoms with Crippen molar-refractivity contribution in [2.45, 2.75) is 18.7 Å². The van der Waals surface area contributed by atoms with Crippen LogP contribution in [0, 0.1) is 18.3 Å². The summed E-state index contributed by atoms with van der Waals surface area (Å²) >= 11 is 7.02. The second-order valence-corrected chi connectivity index (χ2v) is 7.34. The molecule has 0 aliphatic heterocycles. The molecule has 0 unspecified atom stereocenters. The second kappa shape index (κ2) is 9.28. The summed E-state index contributed by atoms with van der Waals surface area (Å²) in [6.07, 6.45) is 1.47. The molecule has 0 radical (unpaired) electrons. The predicted molar refractivity (Wildman–Crippen MR) is 110 cm³/mol. The fourth-order valence-electron chi connectivity index (χ4n) is 2.34. The fourth-order valence-corrected chi connectivity index (χ4v) is 3.27. The maximum absolute atomic E-state index is 11.7. The zero-order valence-electron chi connectivity index (χ0n) is 15.2. The van der Waals surface area contributed by atoms with Crippen molar-refractivity contribution in [2.24, 2.45) is 0 Å². The largest absolute Gasteiger partial charge is 0.488 e. The van der Waals surface area contributed by atoms with E-state index in [0.29, 0.717) is 32.9 Å². The Bertz CT molecular complexity index is 1100. The van der Waals surface area contributed by atoms with Gasteiger partial charge in [-0.1, -0.05) is 23.7 Å². The molecule has 0 spiro atoms. The van der Waals surface area contributed by atoms with Crippen LogP contribution in [0.1, 0.15) is 22.5 Å². The number of thioether (sulfide) groups is 1. The summed E-state index contributed by atoms with van der Waals surface area (Å²) in [6, 6.07) is 14.1. The maximum atomic E-state index is 11.7. The van der Waals surface area contributed by atoms with Crippen LogP contribution < -0.4 is 4.74 Å². The van der Waals surface area contributed by atoms with Crippen LogP contribution in [0.25, 0.3) is 6.08 Å². The third kappa shape index (κ3) is 5.60. The number of ether oxygens (including phenoxy) is 1. The van der Waals surface area contributed by atoms with Gasteiger partial charge in [0.1, 0.15) is 23.1 Å². The zero-order valence-corrected chi connectivity index (χ0v) is 16.8. The summed E-state index contributed by atoms with van der Waals surface area (Å²) in [6.45, 7) is 1.98. The van der Waals surface area contributed by atoms with Crippen LogP contribution in [0.5, 0.6) is 5.75 Å². The fraction of sp³-hybridized carbons (Fsp3) is 0.100. The minimum atomic E-state index is -1.12. The molecule has 29 heavy (non-hydrogen) atoms. The van der Waals surface area contributed by atoms with Crippen molar-refractivity contribution in [2.75, 3.05) is 0 Å². The first-order chi connectivity index (χ1) is 13.9. The number of carbonyl (C=O) groups is 1. The quantitative estimate of drug-likeness (QED) is 0.424. The van der Waals surface area contributed by atoms with Gasteiger partial charge in [0.2, 0.25) is 5.16 Å². The smallest absolute Gasteiger partial charge is 0.342 e. The molecule has 0 amide bonds. The van der Waals surface area contributed by atoms with Gasteiger partial charge in [0, 0.05) is 10.6 Å². The number of benzene rings is 2. The lowest BCUT2D eigenvalue weighted by atomic mass is 10.1. The Balaban J connectivity index is 1.84. The number of aromatic nitrogens is 3. The lowest BCUT2D eigenvalue weighted by molar-refractivity contribution is -0.131. The molecule has 0 saturated carbocycles. The number of nitrogens with zero attached hydrogens (tertiary/aromatic N) is 3. The third-order valence-corrected chi connectivity index (χ3v) is 4.84. The normalized spacial score (nSPS) is 11.1. The molecule has 0 bridgehead atoms. The van der Waals surface area contributed by atoms with Crippen molar-refractivity contribution in [1.82, 2.24) is 15.2 Å². The Morgan fingerprint density at radius 1 is 1.34 bits per heavy atom. The van der Waals surface area contributed by atoms with Crippen LogP contribution in [0.2, 0.25) is 5.02 Å². The van der Waals surface area contributed by atoms with E-state index in [-0.39, 0.29) is 11.5 Å². The van der Waals surface area contributed by atoms with Crippen LogP contribution >= 0.6 is 23.4 Å². The first-order valence-corrected chi connectivity index (χ1v) is 9.57. The average molecular weight is 427 g/mol. The minimum Gasteiger partial charge on any atom is -0.488 e. The molecular weight excluding hydrogens is 412 g/mol. The highest BCUT2D eigenvalue weighted by molar-refractivity contribution is 8.04. The summed E-state index contributed by atoms with van der Waals surface area (Å²) in [5.74, 6) is -0.0498. The molecule has 146 valence electrons. The summed E-state index contributed by atoms with van der Waals surface area (Å²) in [7, 11) is 0. The van der Waals surface area contributed by atoms with Crippen molar-refractivity contribution in [3.63, 3.8) is 0 Å². The number of aromatic amines is 1. The molecule has 0 aliphatic carbocycles. The van der Waals surface area contributed by atoms with Gasteiger partial charge in [-0.2, -0.15) is 5.26 Å². The SMILES string of the molecule is Cc1nc(SC(=Cc2cc(Cl)ccc2OCc2ccc(C#N)cc2)C(=O)O)n[nH]1. The van der Waals surface area contributed by atoms with Crippen molar-refractivity contribution >= 4 is 35.4 Å². The minimum absolute atomic E-state index is 0.0227. The Morgan fingerprint density at radius 2 is 2.10 bits per heavy atom. The number of halogens is 1. The Morgan fingerprint density at radius 3 is 2.72 bits per heavy atom. The number of rotatable bonds is 7. The van der Waals surface area contributed by atoms with Gasteiger partial charge in [0.15, 0.2) is 0 Å². The molecule has 7 nitrogen and oxygen atoms in total. The number of hydrogen-bond acceptors (Lipinski definition) is 6. The molecular formula is C20H15ClN4O3S. The topological polar surface area (TPSA) is 112 Å². The Kier molecular flexibility index (Phi) is 6.54. The van der Waals surface area contributed by atoms with Gasteiger partial charge in [-0.3, -0.25) is 5.10 Å². The molecule has 0 fully saturated rings. The molecule has 3 aromatic rings. The number of aryl methyl sites for hydroxylation is 1. The molecule has 0 aliphatic rings. The highest BCUT2D eigenvalue weighted by atomic mass is 35.5. The number of aliphatic carboxylic acids is 1. The van der Waals surface area contributed by atoms with Crippen LogP contribution in [0.4, 0.5) is 0 Å². The van der Waals surface area contributed by atoms with Gasteiger partial charge in [0.25, 0.3) is 0 Å². The zero-order chi connectivity index (χ0) is 20.8. The van der Waals surface area contributed by atoms with E-state index in [1.54, 1.807) is 49.4 Å². The van der Waals surface area contributed by atoms with E-state index in [4.69, 9.17) is 21.6 Å². The third-order valence-electron chi connectivity index (χ3n) is 3.72. The first-order valence-electron chi connectivity index (χ1n) is 8.38. The highest BCUT2D eigenvalue weighted by Gasteiger charge is 2.15. The highest BCUT2D eigenvalue weighted by Crippen LogP contribution is 2.31. The van der Waals surface area contributed by atoms with Gasteiger partial charge < -0.3 is 9.84 Å². The summed E-state index contributed by atoms with van der Waals surface area (Å²) in [5, 5.41) is 25.8. The number of carboxylic acid groups (broad SMARTS) is 1. The van der Waals surface area contributed by atoms with E-state index >= 15 is 0 Å². The van der Waals surface area contributed by atoms with E-state index in [1.165, 1.54) is 6.08 Å².